The van der Waals surface area contributed by atoms with Crippen molar-refractivity contribution in [3.63, 3.8) is 0 Å². The molecule has 1 amide bonds. The van der Waals surface area contributed by atoms with E-state index >= 15 is 0 Å². The summed E-state index contributed by atoms with van der Waals surface area (Å²) >= 11 is 0. The highest BCUT2D eigenvalue weighted by Crippen LogP contribution is 2.33. The van der Waals surface area contributed by atoms with Crippen molar-refractivity contribution in [2.24, 2.45) is 5.92 Å². The molecule has 0 aliphatic carbocycles. The molecule has 0 spiro atoms. The molecule has 0 radical (unpaired) electrons. The molecule has 1 aliphatic rings. The highest BCUT2D eigenvalue weighted by molar-refractivity contribution is 5.93. The molecule has 16 heavy (non-hydrogen) atoms. The maximum atomic E-state index is 11.7. The molecule has 86 valence electrons. The van der Waals surface area contributed by atoms with Crippen LogP contribution in [0.15, 0.2) is 24.3 Å². The second-order valence-corrected chi connectivity index (χ2v) is 4.45. The summed E-state index contributed by atoms with van der Waals surface area (Å²) < 4.78 is 0. The fourth-order valence-corrected chi connectivity index (χ4v) is 2.50. The van der Waals surface area contributed by atoms with Crippen LogP contribution in [0.1, 0.15) is 19.4 Å². The van der Waals surface area contributed by atoms with Crippen LogP contribution in [0.2, 0.25) is 0 Å². The van der Waals surface area contributed by atoms with Gasteiger partial charge in [0.1, 0.15) is 0 Å². The minimum atomic E-state index is -0.0904. The monoisotopic (exact) mass is 219 g/mol. The van der Waals surface area contributed by atoms with Crippen molar-refractivity contribution in [3.05, 3.63) is 29.8 Å². The van der Waals surface area contributed by atoms with Gasteiger partial charge in [-0.2, -0.15) is 0 Å². The average molecular weight is 219 g/mol. The first-order valence-electron chi connectivity index (χ1n) is 5.63. The average Bonchev–Trinajstić information content (AvgIpc) is 2.26. The van der Waals surface area contributed by atoms with Crippen LogP contribution in [-0.4, -0.2) is 23.7 Å². The molecule has 0 unspecified atom stereocenters. The molecular weight excluding hydrogens is 202 g/mol. The van der Waals surface area contributed by atoms with Crippen LogP contribution in [0.3, 0.4) is 0 Å². The largest absolute Gasteiger partial charge is 0.394 e. The molecule has 0 bridgehead atoms. The molecule has 1 aromatic carbocycles. The zero-order valence-electron chi connectivity index (χ0n) is 9.68. The summed E-state index contributed by atoms with van der Waals surface area (Å²) in [7, 11) is 0. The Labute approximate surface area is 95.7 Å². The Balaban J connectivity index is 2.48. The van der Waals surface area contributed by atoms with Crippen molar-refractivity contribution < 1.29 is 9.90 Å². The topological polar surface area (TPSA) is 40.5 Å². The molecular formula is C13H17NO2. The van der Waals surface area contributed by atoms with Crippen molar-refractivity contribution in [2.45, 2.75) is 26.3 Å². The van der Waals surface area contributed by atoms with Crippen LogP contribution in [-0.2, 0) is 11.2 Å². The Morgan fingerprint density at radius 1 is 1.50 bits per heavy atom. The van der Waals surface area contributed by atoms with Gasteiger partial charge in [-0.15, -0.1) is 0 Å². The predicted octanol–water partition coefficient (Wildman–Crippen LogP) is 1.59. The van der Waals surface area contributed by atoms with E-state index in [4.69, 9.17) is 0 Å². The molecule has 0 saturated heterocycles. The van der Waals surface area contributed by atoms with Crippen LogP contribution in [0, 0.1) is 5.92 Å². The summed E-state index contributed by atoms with van der Waals surface area (Å²) in [4.78, 5) is 13.4. The number of hydrogen-bond acceptors (Lipinski definition) is 2. The standard InChI is InChI=1S/C13H17NO2/c1-9-7-11-5-3-4-6-12(11)14(10(2)16)13(9)8-15/h3-6,9,13,15H,7-8H2,1-2H3/t9-,13+/m1/s1. The fourth-order valence-electron chi connectivity index (χ4n) is 2.50. The van der Waals surface area contributed by atoms with E-state index in [9.17, 15) is 9.90 Å². The van der Waals surface area contributed by atoms with Crippen LogP contribution < -0.4 is 4.90 Å². The van der Waals surface area contributed by atoms with Crippen molar-refractivity contribution in [3.8, 4) is 0 Å². The smallest absolute Gasteiger partial charge is 0.224 e. The first-order valence-corrected chi connectivity index (χ1v) is 5.63. The SMILES string of the molecule is CC(=O)N1c2ccccc2C[C@@H](C)[C@@H]1CO. The molecule has 3 heteroatoms. The van der Waals surface area contributed by atoms with Gasteiger partial charge in [0.15, 0.2) is 0 Å². The number of carbonyl (C=O) groups is 1. The van der Waals surface area contributed by atoms with Gasteiger partial charge in [0.2, 0.25) is 5.91 Å². The van der Waals surface area contributed by atoms with Crippen LogP contribution in [0.4, 0.5) is 5.69 Å². The van der Waals surface area contributed by atoms with E-state index in [0.29, 0.717) is 5.92 Å². The number of amides is 1. The lowest BCUT2D eigenvalue weighted by Gasteiger charge is -2.39. The minimum Gasteiger partial charge on any atom is -0.394 e. The van der Waals surface area contributed by atoms with E-state index in [2.05, 4.69) is 13.0 Å². The fraction of sp³-hybridized carbons (Fsp3) is 0.462. The molecule has 2 atom stereocenters. The van der Waals surface area contributed by atoms with Gasteiger partial charge in [-0.25, -0.2) is 0 Å². The summed E-state index contributed by atoms with van der Waals surface area (Å²) in [6.07, 6.45) is 0.922. The number of rotatable bonds is 1. The zero-order valence-corrected chi connectivity index (χ0v) is 9.68. The number of anilines is 1. The summed E-state index contributed by atoms with van der Waals surface area (Å²) in [6.45, 7) is 3.65. The molecule has 0 fully saturated rings. The van der Waals surface area contributed by atoms with Crippen LogP contribution >= 0.6 is 0 Å². The molecule has 0 saturated carbocycles. The van der Waals surface area contributed by atoms with Gasteiger partial charge in [-0.3, -0.25) is 4.79 Å². The highest BCUT2D eigenvalue weighted by Gasteiger charge is 2.33. The van der Waals surface area contributed by atoms with E-state index in [0.717, 1.165) is 12.1 Å². The zero-order chi connectivity index (χ0) is 11.7. The van der Waals surface area contributed by atoms with E-state index in [-0.39, 0.29) is 18.6 Å². The molecule has 0 aromatic heterocycles. The number of hydrogen-bond donors (Lipinski definition) is 1. The quantitative estimate of drug-likeness (QED) is 0.779. The van der Waals surface area contributed by atoms with Gasteiger partial charge >= 0.3 is 0 Å². The lowest BCUT2D eigenvalue weighted by atomic mass is 9.87. The lowest BCUT2D eigenvalue weighted by molar-refractivity contribution is -0.117. The number of carbonyl (C=O) groups excluding carboxylic acids is 1. The number of para-hydroxylation sites is 1. The number of nitrogens with zero attached hydrogens (tertiary/aromatic N) is 1. The Morgan fingerprint density at radius 3 is 2.81 bits per heavy atom. The van der Waals surface area contributed by atoms with E-state index in [1.807, 2.05) is 18.2 Å². The second kappa shape index (κ2) is 4.26. The van der Waals surface area contributed by atoms with Gasteiger partial charge < -0.3 is 10.0 Å². The van der Waals surface area contributed by atoms with E-state index in [1.165, 1.54) is 5.56 Å². The third kappa shape index (κ3) is 1.71. The summed E-state index contributed by atoms with van der Waals surface area (Å²) in [5, 5.41) is 9.41. The Kier molecular flexibility index (Phi) is 2.97. The number of fused-ring (bicyclic) bond motifs is 1. The second-order valence-electron chi connectivity index (χ2n) is 4.45. The Morgan fingerprint density at radius 2 is 2.19 bits per heavy atom. The lowest BCUT2D eigenvalue weighted by Crippen LogP contribution is -2.49. The number of aliphatic hydroxyl groups excluding tert-OH is 1. The van der Waals surface area contributed by atoms with Crippen molar-refractivity contribution in [1.82, 2.24) is 0 Å². The Hall–Kier alpha value is -1.35. The maximum Gasteiger partial charge on any atom is 0.224 e. The van der Waals surface area contributed by atoms with E-state index < -0.39 is 0 Å². The molecule has 1 heterocycles. The predicted molar refractivity (Wildman–Crippen MR) is 63.3 cm³/mol. The van der Waals surface area contributed by atoms with Gasteiger partial charge in [-0.05, 0) is 24.0 Å². The Bertz CT molecular complexity index is 403. The summed E-state index contributed by atoms with van der Waals surface area (Å²) in [5.41, 5.74) is 2.14. The van der Waals surface area contributed by atoms with E-state index in [1.54, 1.807) is 11.8 Å². The number of benzene rings is 1. The minimum absolute atomic E-state index is 0.00181. The van der Waals surface area contributed by atoms with Crippen molar-refractivity contribution in [2.75, 3.05) is 11.5 Å². The van der Waals surface area contributed by atoms with Crippen LogP contribution in [0.5, 0.6) is 0 Å². The molecule has 1 aliphatic heterocycles. The molecule has 3 nitrogen and oxygen atoms in total. The van der Waals surface area contributed by atoms with Crippen LogP contribution in [0.25, 0.3) is 0 Å². The van der Waals surface area contributed by atoms with Gasteiger partial charge in [0.25, 0.3) is 0 Å². The highest BCUT2D eigenvalue weighted by atomic mass is 16.3. The van der Waals surface area contributed by atoms with Gasteiger partial charge in [0.05, 0.1) is 12.6 Å². The molecule has 1 N–H and O–H groups in total. The van der Waals surface area contributed by atoms with Gasteiger partial charge in [-0.1, -0.05) is 25.1 Å². The maximum absolute atomic E-state index is 11.7. The summed E-state index contributed by atoms with van der Waals surface area (Å²) in [6, 6.07) is 7.83. The first-order chi connectivity index (χ1) is 7.65. The first kappa shape index (κ1) is 11.1. The number of aliphatic hydroxyl groups is 1. The van der Waals surface area contributed by atoms with Gasteiger partial charge in [0, 0.05) is 12.6 Å². The normalized spacial score (nSPS) is 24.1. The van der Waals surface area contributed by atoms with Crippen molar-refractivity contribution >= 4 is 11.6 Å². The third-order valence-electron chi connectivity index (χ3n) is 3.31. The molecule has 2 rings (SSSR count). The summed E-state index contributed by atoms with van der Waals surface area (Å²) in [5.74, 6) is 0.293. The third-order valence-corrected chi connectivity index (χ3v) is 3.31. The molecule has 1 aromatic rings. The van der Waals surface area contributed by atoms with Crippen molar-refractivity contribution in [1.29, 1.82) is 0 Å².